The number of anilines is 1. The molecule has 5 heteroatoms. The van der Waals surface area contributed by atoms with Crippen LogP contribution in [0.5, 0.6) is 0 Å². The van der Waals surface area contributed by atoms with Crippen LogP contribution in [-0.2, 0) is 11.3 Å². The van der Waals surface area contributed by atoms with Crippen molar-refractivity contribution >= 4 is 38.6 Å². The van der Waals surface area contributed by atoms with Crippen LogP contribution < -0.4 is 4.90 Å². The molecule has 4 rings (SSSR count). The van der Waals surface area contributed by atoms with Crippen molar-refractivity contribution in [3.8, 4) is 12.3 Å². The zero-order chi connectivity index (χ0) is 17.4. The van der Waals surface area contributed by atoms with E-state index in [1.54, 1.807) is 0 Å². The summed E-state index contributed by atoms with van der Waals surface area (Å²) >= 11 is 3.43. The second-order valence-corrected chi connectivity index (χ2v) is 7.05. The number of terminal acetylenes is 1. The molecule has 0 N–H and O–H groups in total. The highest BCUT2D eigenvalue weighted by atomic mass is 79.9. The maximum absolute atomic E-state index is 12.6. The van der Waals surface area contributed by atoms with E-state index in [2.05, 4.69) is 26.4 Å². The molecule has 0 aliphatic carbocycles. The standard InChI is InChI=1S/C20H16BrN3O/c1-2-11-23-18-6-4-3-5-17(18)22-20(23)14-12-19(25)24(13-14)16-9-7-15(21)8-10-16/h1,3-10,14H,11-13H2/t14-/m0/s1. The Morgan fingerprint density at radius 1 is 1.20 bits per heavy atom. The maximum atomic E-state index is 12.6. The first-order valence-corrected chi connectivity index (χ1v) is 8.91. The number of carbonyl (C=O) groups excluding carboxylic acids is 1. The third kappa shape index (κ3) is 2.83. The molecule has 2 heterocycles. The lowest BCUT2D eigenvalue weighted by Gasteiger charge is -2.17. The molecular weight excluding hydrogens is 378 g/mol. The molecule has 0 radical (unpaired) electrons. The maximum Gasteiger partial charge on any atom is 0.227 e. The molecule has 25 heavy (non-hydrogen) atoms. The summed E-state index contributed by atoms with van der Waals surface area (Å²) in [6.45, 7) is 1.08. The number of amides is 1. The number of hydrogen-bond donors (Lipinski definition) is 0. The smallest absolute Gasteiger partial charge is 0.227 e. The van der Waals surface area contributed by atoms with Gasteiger partial charge in [-0.25, -0.2) is 4.98 Å². The second kappa shape index (κ2) is 6.38. The summed E-state index contributed by atoms with van der Waals surface area (Å²) in [6, 6.07) is 15.8. The molecule has 0 saturated carbocycles. The van der Waals surface area contributed by atoms with Crippen molar-refractivity contribution in [3.05, 3.63) is 58.8 Å². The van der Waals surface area contributed by atoms with Crippen LogP contribution in [0, 0.1) is 12.3 Å². The predicted molar refractivity (Wildman–Crippen MR) is 102 cm³/mol. The molecule has 1 aliphatic rings. The van der Waals surface area contributed by atoms with Crippen LogP contribution in [0.3, 0.4) is 0 Å². The Bertz CT molecular complexity index is 984. The van der Waals surface area contributed by atoms with Gasteiger partial charge in [0.25, 0.3) is 0 Å². The quantitative estimate of drug-likeness (QED) is 0.631. The van der Waals surface area contributed by atoms with Crippen molar-refractivity contribution in [1.29, 1.82) is 0 Å². The van der Waals surface area contributed by atoms with Gasteiger partial charge in [-0.3, -0.25) is 4.79 Å². The molecule has 0 bridgehead atoms. The third-order valence-corrected chi connectivity index (χ3v) is 5.09. The molecule has 1 aromatic heterocycles. The van der Waals surface area contributed by atoms with Crippen molar-refractivity contribution in [2.24, 2.45) is 0 Å². The third-order valence-electron chi connectivity index (χ3n) is 4.56. The zero-order valence-electron chi connectivity index (χ0n) is 13.5. The summed E-state index contributed by atoms with van der Waals surface area (Å²) in [5.41, 5.74) is 2.85. The van der Waals surface area contributed by atoms with Gasteiger partial charge in [0.15, 0.2) is 0 Å². The molecule has 1 aliphatic heterocycles. The molecule has 1 saturated heterocycles. The SMILES string of the molecule is C#CCn1c([C@H]2CC(=O)N(c3ccc(Br)cc3)C2)nc2ccccc21. The summed E-state index contributed by atoms with van der Waals surface area (Å²) < 4.78 is 3.05. The number of nitrogens with zero attached hydrogens (tertiary/aromatic N) is 3. The van der Waals surface area contributed by atoms with Gasteiger partial charge in [-0.2, -0.15) is 0 Å². The highest BCUT2D eigenvalue weighted by molar-refractivity contribution is 9.10. The lowest BCUT2D eigenvalue weighted by molar-refractivity contribution is -0.117. The first kappa shape index (κ1) is 15.9. The Balaban J connectivity index is 1.70. The van der Waals surface area contributed by atoms with E-state index in [0.29, 0.717) is 19.5 Å². The van der Waals surface area contributed by atoms with Crippen LogP contribution in [0.15, 0.2) is 53.0 Å². The van der Waals surface area contributed by atoms with E-state index in [-0.39, 0.29) is 11.8 Å². The van der Waals surface area contributed by atoms with Gasteiger partial charge in [0.05, 0.1) is 17.6 Å². The summed E-state index contributed by atoms with van der Waals surface area (Å²) in [5.74, 6) is 3.76. The zero-order valence-corrected chi connectivity index (χ0v) is 15.1. The monoisotopic (exact) mass is 393 g/mol. The molecule has 1 atom stereocenters. The fourth-order valence-electron chi connectivity index (χ4n) is 3.41. The van der Waals surface area contributed by atoms with Gasteiger partial charge in [0.1, 0.15) is 5.82 Å². The van der Waals surface area contributed by atoms with Crippen molar-refractivity contribution in [2.45, 2.75) is 18.9 Å². The fraction of sp³-hybridized carbons (Fsp3) is 0.200. The molecule has 2 aromatic carbocycles. The van der Waals surface area contributed by atoms with Gasteiger partial charge in [0.2, 0.25) is 5.91 Å². The van der Waals surface area contributed by atoms with Crippen LogP contribution in [0.25, 0.3) is 11.0 Å². The van der Waals surface area contributed by atoms with Gasteiger partial charge in [0, 0.05) is 29.0 Å². The first-order valence-electron chi connectivity index (χ1n) is 8.12. The average molecular weight is 394 g/mol. The van der Waals surface area contributed by atoms with Gasteiger partial charge < -0.3 is 9.47 Å². The van der Waals surface area contributed by atoms with Gasteiger partial charge in [-0.05, 0) is 36.4 Å². The number of rotatable bonds is 3. The number of carbonyl (C=O) groups is 1. The van der Waals surface area contributed by atoms with Crippen molar-refractivity contribution in [2.75, 3.05) is 11.4 Å². The lowest BCUT2D eigenvalue weighted by atomic mass is 10.1. The van der Waals surface area contributed by atoms with Crippen molar-refractivity contribution < 1.29 is 4.79 Å². The van der Waals surface area contributed by atoms with Crippen molar-refractivity contribution in [3.63, 3.8) is 0 Å². The Morgan fingerprint density at radius 2 is 1.96 bits per heavy atom. The molecule has 0 unspecified atom stereocenters. The largest absolute Gasteiger partial charge is 0.316 e. The highest BCUT2D eigenvalue weighted by Gasteiger charge is 2.34. The number of halogens is 1. The summed E-state index contributed by atoms with van der Waals surface area (Å²) in [7, 11) is 0. The minimum Gasteiger partial charge on any atom is -0.316 e. The van der Waals surface area contributed by atoms with Crippen LogP contribution in [0.2, 0.25) is 0 Å². The average Bonchev–Trinajstić information content (AvgIpc) is 3.17. The van der Waals surface area contributed by atoms with Crippen LogP contribution in [0.1, 0.15) is 18.2 Å². The molecule has 124 valence electrons. The minimum absolute atomic E-state index is 0.0388. The Morgan fingerprint density at radius 3 is 2.72 bits per heavy atom. The Hall–Kier alpha value is -2.58. The predicted octanol–water partition coefficient (Wildman–Crippen LogP) is 3.95. The number of hydrogen-bond acceptors (Lipinski definition) is 2. The molecule has 4 nitrogen and oxygen atoms in total. The van der Waals surface area contributed by atoms with E-state index in [0.717, 1.165) is 27.0 Å². The minimum atomic E-state index is 0.0388. The van der Waals surface area contributed by atoms with E-state index in [9.17, 15) is 4.79 Å². The van der Waals surface area contributed by atoms with E-state index in [1.807, 2.05) is 53.4 Å². The second-order valence-electron chi connectivity index (χ2n) is 6.13. The molecule has 1 amide bonds. The van der Waals surface area contributed by atoms with E-state index < -0.39 is 0 Å². The van der Waals surface area contributed by atoms with Crippen LogP contribution in [0.4, 0.5) is 5.69 Å². The topological polar surface area (TPSA) is 38.1 Å². The van der Waals surface area contributed by atoms with Gasteiger partial charge >= 0.3 is 0 Å². The first-order chi connectivity index (χ1) is 12.2. The number of aromatic nitrogens is 2. The van der Waals surface area contributed by atoms with Crippen LogP contribution in [-0.4, -0.2) is 22.0 Å². The van der Waals surface area contributed by atoms with E-state index in [1.165, 1.54) is 0 Å². The Kier molecular flexibility index (Phi) is 4.06. The van der Waals surface area contributed by atoms with Crippen molar-refractivity contribution in [1.82, 2.24) is 9.55 Å². The fourth-order valence-corrected chi connectivity index (χ4v) is 3.68. The molecule has 0 spiro atoms. The number of imidazole rings is 1. The van der Waals surface area contributed by atoms with Gasteiger partial charge in [-0.15, -0.1) is 6.42 Å². The summed E-state index contributed by atoms with van der Waals surface area (Å²) in [4.78, 5) is 19.2. The molecule has 3 aromatic rings. The summed E-state index contributed by atoms with van der Waals surface area (Å²) in [5, 5.41) is 0. The van der Waals surface area contributed by atoms with Crippen LogP contribution >= 0.6 is 15.9 Å². The lowest BCUT2D eigenvalue weighted by Crippen LogP contribution is -2.24. The molecular formula is C20H16BrN3O. The Labute approximate surface area is 154 Å². The van der Waals surface area contributed by atoms with E-state index in [4.69, 9.17) is 11.4 Å². The van der Waals surface area contributed by atoms with Gasteiger partial charge in [-0.1, -0.05) is 34.0 Å². The summed E-state index contributed by atoms with van der Waals surface area (Å²) in [6.07, 6.45) is 6.01. The normalized spacial score (nSPS) is 17.2. The molecule has 1 fully saturated rings. The number of para-hydroxylation sites is 2. The number of fused-ring (bicyclic) bond motifs is 1. The number of benzene rings is 2. The van der Waals surface area contributed by atoms with E-state index >= 15 is 0 Å². The highest BCUT2D eigenvalue weighted by Crippen LogP contribution is 2.33.